The number of aliphatic hydroxyl groups excluding tert-OH is 1. The van der Waals surface area contributed by atoms with Crippen molar-refractivity contribution < 1.29 is 9.90 Å². The molecule has 1 atom stereocenters. The predicted octanol–water partition coefficient (Wildman–Crippen LogP) is 4.54. The zero-order chi connectivity index (χ0) is 15.6. The molecule has 21 heavy (non-hydrogen) atoms. The van der Waals surface area contributed by atoms with Gasteiger partial charge in [0, 0.05) is 10.8 Å². The SMILES string of the molecule is CC(=O)c1ccc([C@@H](c2ccc(C)c(CO)c2)C(C)C)s1. The number of ketones is 1. The zero-order valence-corrected chi connectivity index (χ0v) is 13.8. The molecule has 0 radical (unpaired) electrons. The van der Waals surface area contributed by atoms with E-state index in [0.717, 1.165) is 16.0 Å². The summed E-state index contributed by atoms with van der Waals surface area (Å²) < 4.78 is 0. The molecule has 2 nitrogen and oxygen atoms in total. The summed E-state index contributed by atoms with van der Waals surface area (Å²) in [5.41, 5.74) is 3.29. The molecule has 1 aromatic heterocycles. The Morgan fingerprint density at radius 2 is 1.95 bits per heavy atom. The number of carbonyl (C=O) groups excluding carboxylic acids is 1. The highest BCUT2D eigenvalue weighted by Crippen LogP contribution is 2.36. The van der Waals surface area contributed by atoms with E-state index in [1.807, 2.05) is 13.0 Å². The molecule has 0 bridgehead atoms. The van der Waals surface area contributed by atoms with Crippen LogP contribution in [0.1, 0.15) is 57.9 Å². The molecule has 1 N–H and O–H groups in total. The van der Waals surface area contributed by atoms with Crippen LogP contribution in [0.25, 0.3) is 0 Å². The molecule has 0 aliphatic rings. The first kappa shape index (κ1) is 15.9. The fourth-order valence-electron chi connectivity index (χ4n) is 2.64. The van der Waals surface area contributed by atoms with E-state index in [1.165, 1.54) is 10.4 Å². The molecule has 3 heteroatoms. The summed E-state index contributed by atoms with van der Waals surface area (Å²) in [7, 11) is 0. The van der Waals surface area contributed by atoms with E-state index in [1.54, 1.807) is 18.3 Å². The van der Waals surface area contributed by atoms with E-state index in [0.29, 0.717) is 5.92 Å². The maximum atomic E-state index is 11.5. The van der Waals surface area contributed by atoms with Gasteiger partial charge in [-0.2, -0.15) is 0 Å². The third kappa shape index (κ3) is 3.42. The summed E-state index contributed by atoms with van der Waals surface area (Å²) >= 11 is 1.58. The van der Waals surface area contributed by atoms with Crippen LogP contribution in [-0.2, 0) is 6.61 Å². The van der Waals surface area contributed by atoms with Crippen LogP contribution in [0.5, 0.6) is 0 Å². The van der Waals surface area contributed by atoms with Crippen molar-refractivity contribution in [2.45, 2.75) is 40.2 Å². The molecule has 1 aromatic carbocycles. The second kappa shape index (κ2) is 6.54. The first-order chi connectivity index (χ1) is 9.93. The number of hydrogen-bond donors (Lipinski definition) is 1. The summed E-state index contributed by atoms with van der Waals surface area (Å²) in [6.45, 7) is 8.06. The molecule has 0 saturated carbocycles. The van der Waals surface area contributed by atoms with Crippen LogP contribution >= 0.6 is 11.3 Å². The molecule has 0 spiro atoms. The van der Waals surface area contributed by atoms with Crippen molar-refractivity contribution in [1.29, 1.82) is 0 Å². The van der Waals surface area contributed by atoms with Crippen LogP contribution in [0.3, 0.4) is 0 Å². The van der Waals surface area contributed by atoms with Gasteiger partial charge in [-0.25, -0.2) is 0 Å². The largest absolute Gasteiger partial charge is 0.392 e. The number of rotatable bonds is 5. The van der Waals surface area contributed by atoms with Gasteiger partial charge in [0.1, 0.15) is 0 Å². The van der Waals surface area contributed by atoms with Crippen molar-refractivity contribution in [3.63, 3.8) is 0 Å². The summed E-state index contributed by atoms with van der Waals surface area (Å²) in [6, 6.07) is 10.3. The number of aryl methyl sites for hydroxylation is 1. The van der Waals surface area contributed by atoms with E-state index in [2.05, 4.69) is 38.1 Å². The average Bonchev–Trinajstić information content (AvgIpc) is 2.90. The number of benzene rings is 1. The molecule has 1 heterocycles. The molecular weight excluding hydrogens is 280 g/mol. The maximum Gasteiger partial charge on any atom is 0.169 e. The van der Waals surface area contributed by atoms with Crippen molar-refractivity contribution in [3.05, 3.63) is 56.8 Å². The molecule has 0 saturated heterocycles. The van der Waals surface area contributed by atoms with Crippen LogP contribution in [0.15, 0.2) is 30.3 Å². The van der Waals surface area contributed by atoms with Gasteiger partial charge in [0.2, 0.25) is 0 Å². The molecule has 0 amide bonds. The van der Waals surface area contributed by atoms with Crippen molar-refractivity contribution in [2.24, 2.45) is 5.92 Å². The Kier molecular flexibility index (Phi) is 4.96. The Morgan fingerprint density at radius 3 is 2.48 bits per heavy atom. The lowest BCUT2D eigenvalue weighted by molar-refractivity contribution is 0.102. The standard InChI is InChI=1S/C18H22O2S/c1-11(2)18(17-8-7-16(21-17)13(4)20)14-6-5-12(3)15(9-14)10-19/h5-9,11,18-19H,10H2,1-4H3/t18-/m1/s1. The summed E-state index contributed by atoms with van der Waals surface area (Å²) in [4.78, 5) is 13.5. The number of aliphatic hydroxyl groups is 1. The van der Waals surface area contributed by atoms with E-state index in [9.17, 15) is 9.90 Å². The monoisotopic (exact) mass is 302 g/mol. The zero-order valence-electron chi connectivity index (χ0n) is 13.0. The predicted molar refractivity (Wildman–Crippen MR) is 88.1 cm³/mol. The Morgan fingerprint density at radius 1 is 1.24 bits per heavy atom. The molecule has 2 aromatic rings. The number of Topliss-reactive ketones (excluding diaryl/α,β-unsaturated/α-hetero) is 1. The second-order valence-electron chi connectivity index (χ2n) is 5.82. The van der Waals surface area contributed by atoms with Gasteiger partial charge in [0.05, 0.1) is 11.5 Å². The van der Waals surface area contributed by atoms with Gasteiger partial charge in [0.25, 0.3) is 0 Å². The quantitative estimate of drug-likeness (QED) is 0.823. The Hall–Kier alpha value is -1.45. The smallest absolute Gasteiger partial charge is 0.169 e. The Labute approximate surface area is 130 Å². The molecule has 2 rings (SSSR count). The van der Waals surface area contributed by atoms with Gasteiger partial charge in [0.15, 0.2) is 5.78 Å². The highest BCUT2D eigenvalue weighted by Gasteiger charge is 2.21. The first-order valence-electron chi connectivity index (χ1n) is 7.25. The fraction of sp³-hybridized carbons (Fsp3) is 0.389. The van der Waals surface area contributed by atoms with Gasteiger partial charge < -0.3 is 5.11 Å². The van der Waals surface area contributed by atoms with Gasteiger partial charge in [-0.3, -0.25) is 4.79 Å². The maximum absolute atomic E-state index is 11.5. The Bertz CT molecular complexity index is 640. The summed E-state index contributed by atoms with van der Waals surface area (Å²) in [6.07, 6.45) is 0. The molecule has 0 aliphatic carbocycles. The van der Waals surface area contributed by atoms with E-state index < -0.39 is 0 Å². The van der Waals surface area contributed by atoms with Crippen molar-refractivity contribution in [3.8, 4) is 0 Å². The van der Waals surface area contributed by atoms with E-state index in [-0.39, 0.29) is 18.3 Å². The second-order valence-corrected chi connectivity index (χ2v) is 6.94. The fourth-order valence-corrected chi connectivity index (χ4v) is 3.85. The Balaban J connectivity index is 2.45. The lowest BCUT2D eigenvalue weighted by atomic mass is 9.86. The van der Waals surface area contributed by atoms with Crippen LogP contribution in [-0.4, -0.2) is 10.9 Å². The van der Waals surface area contributed by atoms with Gasteiger partial charge in [-0.05, 0) is 48.6 Å². The minimum atomic E-state index is 0.0631. The number of thiophene rings is 1. The van der Waals surface area contributed by atoms with Crippen molar-refractivity contribution >= 4 is 17.1 Å². The summed E-state index contributed by atoms with van der Waals surface area (Å²) in [5, 5.41) is 9.47. The topological polar surface area (TPSA) is 37.3 Å². The lowest BCUT2D eigenvalue weighted by Gasteiger charge is -2.21. The highest BCUT2D eigenvalue weighted by molar-refractivity contribution is 7.14. The highest BCUT2D eigenvalue weighted by atomic mass is 32.1. The van der Waals surface area contributed by atoms with Gasteiger partial charge in [-0.15, -0.1) is 11.3 Å². The average molecular weight is 302 g/mol. The lowest BCUT2D eigenvalue weighted by Crippen LogP contribution is -2.08. The first-order valence-corrected chi connectivity index (χ1v) is 8.06. The summed E-state index contributed by atoms with van der Waals surface area (Å²) in [5.74, 6) is 0.806. The molecule has 0 unspecified atom stereocenters. The number of carbonyl (C=O) groups is 1. The van der Waals surface area contributed by atoms with Crippen LogP contribution < -0.4 is 0 Å². The molecule has 0 fully saturated rings. The minimum Gasteiger partial charge on any atom is -0.392 e. The van der Waals surface area contributed by atoms with Crippen molar-refractivity contribution in [1.82, 2.24) is 0 Å². The van der Waals surface area contributed by atoms with E-state index in [4.69, 9.17) is 0 Å². The third-order valence-electron chi connectivity index (χ3n) is 3.85. The normalized spacial score (nSPS) is 12.7. The van der Waals surface area contributed by atoms with Crippen molar-refractivity contribution in [2.75, 3.05) is 0 Å². The molecule has 0 aliphatic heterocycles. The molecule has 112 valence electrons. The third-order valence-corrected chi connectivity index (χ3v) is 5.12. The number of hydrogen-bond acceptors (Lipinski definition) is 3. The minimum absolute atomic E-state index is 0.0631. The van der Waals surface area contributed by atoms with Gasteiger partial charge >= 0.3 is 0 Å². The van der Waals surface area contributed by atoms with Crippen LogP contribution in [0.2, 0.25) is 0 Å². The van der Waals surface area contributed by atoms with Crippen LogP contribution in [0.4, 0.5) is 0 Å². The molecular formula is C18H22O2S. The van der Waals surface area contributed by atoms with Crippen LogP contribution in [0, 0.1) is 12.8 Å². The van der Waals surface area contributed by atoms with Gasteiger partial charge in [-0.1, -0.05) is 32.0 Å². The van der Waals surface area contributed by atoms with E-state index >= 15 is 0 Å².